The van der Waals surface area contributed by atoms with Crippen LogP contribution >= 0.6 is 0 Å². The summed E-state index contributed by atoms with van der Waals surface area (Å²) in [5.74, 6) is -1.33. The number of imide groups is 1. The summed E-state index contributed by atoms with van der Waals surface area (Å²) in [5.41, 5.74) is -2.54. The number of nitrogens with zero attached hydrogens (tertiary/aromatic N) is 1. The van der Waals surface area contributed by atoms with Gasteiger partial charge in [0.05, 0.1) is 19.1 Å². The van der Waals surface area contributed by atoms with Gasteiger partial charge < -0.3 is 10.1 Å². The minimum atomic E-state index is -4.57. The fourth-order valence-electron chi connectivity index (χ4n) is 2.41. The lowest BCUT2D eigenvalue weighted by molar-refractivity contribution is -0.141. The van der Waals surface area contributed by atoms with E-state index in [0.29, 0.717) is 0 Å². The maximum Gasteiger partial charge on any atom is 0.416 e. The van der Waals surface area contributed by atoms with Crippen LogP contribution < -0.4 is 5.32 Å². The predicted molar refractivity (Wildman–Crippen MR) is 75.7 cm³/mol. The van der Waals surface area contributed by atoms with Crippen LogP contribution in [-0.2, 0) is 26.0 Å². The molecule has 1 saturated heterocycles. The Balaban J connectivity index is 2.29. The summed E-state index contributed by atoms with van der Waals surface area (Å²) in [7, 11) is 1.17. The average Bonchev–Trinajstić information content (AvgIpc) is 2.75. The number of hydrogen-bond acceptors (Lipinski definition) is 4. The van der Waals surface area contributed by atoms with Crippen LogP contribution in [0.5, 0.6) is 0 Å². The highest BCUT2D eigenvalue weighted by Gasteiger charge is 2.49. The minimum absolute atomic E-state index is 0.0104. The molecule has 130 valence electrons. The highest BCUT2D eigenvalue weighted by Crippen LogP contribution is 2.34. The number of halogens is 3. The molecule has 0 bridgehead atoms. The molecule has 1 fully saturated rings. The van der Waals surface area contributed by atoms with Gasteiger partial charge in [0, 0.05) is 6.54 Å². The van der Waals surface area contributed by atoms with Crippen molar-refractivity contribution in [3.63, 3.8) is 0 Å². The lowest BCUT2D eigenvalue weighted by atomic mass is 9.90. The number of hydrogen-bond donors (Lipinski definition) is 1. The average molecular weight is 344 g/mol. The molecule has 1 aromatic carbocycles. The minimum Gasteiger partial charge on any atom is -0.469 e. The number of benzene rings is 1. The van der Waals surface area contributed by atoms with Crippen molar-refractivity contribution in [2.75, 3.05) is 13.7 Å². The molecule has 0 unspecified atom stereocenters. The van der Waals surface area contributed by atoms with Gasteiger partial charge in [-0.3, -0.25) is 14.5 Å². The lowest BCUT2D eigenvalue weighted by Crippen LogP contribution is -2.41. The van der Waals surface area contributed by atoms with Gasteiger partial charge in [-0.1, -0.05) is 12.1 Å². The Kier molecular flexibility index (Phi) is 4.54. The van der Waals surface area contributed by atoms with Crippen molar-refractivity contribution < 1.29 is 32.3 Å². The van der Waals surface area contributed by atoms with Crippen LogP contribution in [-0.4, -0.2) is 36.5 Å². The third kappa shape index (κ3) is 3.19. The Bertz CT molecular complexity index is 690. The number of methoxy groups -OCH3 is 1. The first-order valence-electron chi connectivity index (χ1n) is 6.98. The molecule has 0 aliphatic carbocycles. The van der Waals surface area contributed by atoms with Crippen molar-refractivity contribution in [2.24, 2.45) is 0 Å². The molecule has 1 heterocycles. The number of amides is 3. The third-order valence-electron chi connectivity index (χ3n) is 3.81. The second kappa shape index (κ2) is 6.14. The standard InChI is InChI=1S/C15H15F3N2O4/c1-14(9-4-3-5-10(8-9)15(16,17)18)12(22)20(13(23)19-14)7-6-11(21)24-2/h3-5,8H,6-7H2,1-2H3,(H,19,23)/t14-/m1/s1. The van der Waals surface area contributed by atoms with E-state index in [1.165, 1.54) is 26.2 Å². The molecule has 2 rings (SSSR count). The topological polar surface area (TPSA) is 75.7 Å². The maximum absolute atomic E-state index is 12.8. The van der Waals surface area contributed by atoms with E-state index < -0.39 is 35.2 Å². The molecule has 0 radical (unpaired) electrons. The van der Waals surface area contributed by atoms with E-state index in [2.05, 4.69) is 10.1 Å². The van der Waals surface area contributed by atoms with E-state index in [1.54, 1.807) is 0 Å². The van der Waals surface area contributed by atoms with Gasteiger partial charge in [-0.25, -0.2) is 4.79 Å². The molecule has 1 aliphatic heterocycles. The molecule has 1 atom stereocenters. The molecule has 9 heteroatoms. The van der Waals surface area contributed by atoms with Gasteiger partial charge in [-0.15, -0.1) is 0 Å². The van der Waals surface area contributed by atoms with Gasteiger partial charge in [0.1, 0.15) is 5.54 Å². The first kappa shape index (κ1) is 17.8. The van der Waals surface area contributed by atoms with E-state index in [-0.39, 0.29) is 18.5 Å². The predicted octanol–water partition coefficient (Wildman–Crippen LogP) is 2.04. The van der Waals surface area contributed by atoms with Gasteiger partial charge in [0.25, 0.3) is 5.91 Å². The number of rotatable bonds is 4. The molecule has 0 spiro atoms. The van der Waals surface area contributed by atoms with Crippen molar-refractivity contribution in [1.82, 2.24) is 10.2 Å². The lowest BCUT2D eigenvalue weighted by Gasteiger charge is -2.23. The number of urea groups is 1. The normalized spacial score (nSPS) is 21.0. The van der Waals surface area contributed by atoms with Crippen LogP contribution in [0, 0.1) is 0 Å². The highest BCUT2D eigenvalue weighted by molar-refractivity contribution is 6.07. The third-order valence-corrected chi connectivity index (χ3v) is 3.81. The first-order valence-corrected chi connectivity index (χ1v) is 6.98. The quantitative estimate of drug-likeness (QED) is 0.670. The van der Waals surface area contributed by atoms with Crippen LogP contribution in [0.1, 0.15) is 24.5 Å². The van der Waals surface area contributed by atoms with Crippen LogP contribution in [0.2, 0.25) is 0 Å². The molecule has 1 aliphatic rings. The molecule has 3 amide bonds. The zero-order valence-electron chi connectivity index (χ0n) is 12.9. The fourth-order valence-corrected chi connectivity index (χ4v) is 2.41. The van der Waals surface area contributed by atoms with E-state index >= 15 is 0 Å². The number of carbonyl (C=O) groups excluding carboxylic acids is 3. The number of esters is 1. The molecule has 0 saturated carbocycles. The first-order chi connectivity index (χ1) is 11.1. The monoisotopic (exact) mass is 344 g/mol. The van der Waals surface area contributed by atoms with Crippen molar-refractivity contribution in [1.29, 1.82) is 0 Å². The van der Waals surface area contributed by atoms with Crippen LogP contribution in [0.3, 0.4) is 0 Å². The zero-order chi connectivity index (χ0) is 18.1. The summed E-state index contributed by atoms with van der Waals surface area (Å²) in [6, 6.07) is 3.42. The number of nitrogens with one attached hydrogen (secondary N) is 1. The van der Waals surface area contributed by atoms with Gasteiger partial charge >= 0.3 is 18.2 Å². The van der Waals surface area contributed by atoms with Crippen molar-refractivity contribution >= 4 is 17.9 Å². The summed E-state index contributed by atoms with van der Waals surface area (Å²) >= 11 is 0. The van der Waals surface area contributed by atoms with Crippen LogP contribution in [0.15, 0.2) is 24.3 Å². The zero-order valence-corrected chi connectivity index (χ0v) is 12.9. The van der Waals surface area contributed by atoms with Crippen LogP contribution in [0.4, 0.5) is 18.0 Å². The summed E-state index contributed by atoms with van der Waals surface area (Å²) in [6.45, 7) is 1.10. The number of ether oxygens (including phenoxy) is 1. The van der Waals surface area contributed by atoms with Gasteiger partial charge in [-0.05, 0) is 24.6 Å². The summed E-state index contributed by atoms with van der Waals surface area (Å²) < 4.78 is 43.0. The summed E-state index contributed by atoms with van der Waals surface area (Å²) in [4.78, 5) is 36.4. The molecule has 6 nitrogen and oxygen atoms in total. The van der Waals surface area contributed by atoms with Gasteiger partial charge in [0.2, 0.25) is 0 Å². The van der Waals surface area contributed by atoms with E-state index in [9.17, 15) is 27.6 Å². The molecule has 0 aromatic heterocycles. The summed E-state index contributed by atoms with van der Waals surface area (Å²) in [5, 5.41) is 2.38. The van der Waals surface area contributed by atoms with Gasteiger partial charge in [-0.2, -0.15) is 13.2 Å². The molecule has 24 heavy (non-hydrogen) atoms. The number of alkyl halides is 3. The number of carbonyl (C=O) groups is 3. The Labute approximate surface area is 135 Å². The van der Waals surface area contributed by atoms with Gasteiger partial charge in [0.15, 0.2) is 0 Å². The van der Waals surface area contributed by atoms with E-state index in [0.717, 1.165) is 17.0 Å². The SMILES string of the molecule is COC(=O)CCN1C(=O)N[C@](C)(c2cccc(C(F)(F)F)c2)C1=O. The molecule has 1 aromatic rings. The van der Waals surface area contributed by atoms with E-state index in [1.807, 2.05) is 0 Å². The maximum atomic E-state index is 12.8. The Morgan fingerprint density at radius 1 is 1.33 bits per heavy atom. The highest BCUT2D eigenvalue weighted by atomic mass is 19.4. The van der Waals surface area contributed by atoms with Crippen molar-refractivity contribution in [2.45, 2.75) is 25.1 Å². The Morgan fingerprint density at radius 3 is 2.58 bits per heavy atom. The largest absolute Gasteiger partial charge is 0.469 e. The van der Waals surface area contributed by atoms with Crippen molar-refractivity contribution in [3.05, 3.63) is 35.4 Å². The Hall–Kier alpha value is -2.58. The van der Waals surface area contributed by atoms with Crippen LogP contribution in [0.25, 0.3) is 0 Å². The summed E-state index contributed by atoms with van der Waals surface area (Å²) in [6.07, 6.45) is -4.77. The fraction of sp³-hybridized carbons (Fsp3) is 0.400. The van der Waals surface area contributed by atoms with E-state index in [4.69, 9.17) is 0 Å². The molecule has 1 N–H and O–H groups in total. The second-order valence-electron chi connectivity index (χ2n) is 5.42. The molecular weight excluding hydrogens is 329 g/mol. The molecular formula is C15H15F3N2O4. The van der Waals surface area contributed by atoms with Crippen molar-refractivity contribution in [3.8, 4) is 0 Å². The second-order valence-corrected chi connectivity index (χ2v) is 5.42. The Morgan fingerprint density at radius 2 is 2.00 bits per heavy atom. The smallest absolute Gasteiger partial charge is 0.416 e.